The molecule has 0 saturated carbocycles. The van der Waals surface area contributed by atoms with Crippen LogP contribution in [-0.2, 0) is 26.8 Å². The number of sulfonamides is 1. The predicted molar refractivity (Wildman–Crippen MR) is 91.6 cm³/mol. The Morgan fingerprint density at radius 1 is 1.28 bits per heavy atom. The largest absolute Gasteiger partial charge is 0.493 e. The number of hydrogen-bond acceptors (Lipinski definition) is 4. The molecule has 134 valence electrons. The van der Waals surface area contributed by atoms with Gasteiger partial charge >= 0.3 is 0 Å². The SMILES string of the molecule is CO[C@](C)(CNS(=O)(=O)c1ccc2c(c1)CCO2)c1ccccc1F. The van der Waals surface area contributed by atoms with Crippen molar-refractivity contribution in [3.05, 3.63) is 59.4 Å². The lowest BCUT2D eigenvalue weighted by molar-refractivity contribution is 0.00410. The van der Waals surface area contributed by atoms with E-state index in [2.05, 4.69) is 4.72 Å². The van der Waals surface area contributed by atoms with E-state index in [9.17, 15) is 12.8 Å². The summed E-state index contributed by atoms with van der Waals surface area (Å²) in [5, 5.41) is 0. The van der Waals surface area contributed by atoms with Crippen LogP contribution < -0.4 is 9.46 Å². The average molecular weight is 365 g/mol. The molecule has 0 amide bonds. The van der Waals surface area contributed by atoms with Crippen molar-refractivity contribution in [3.8, 4) is 5.75 Å². The van der Waals surface area contributed by atoms with E-state index in [0.29, 0.717) is 24.3 Å². The molecule has 5 nitrogen and oxygen atoms in total. The summed E-state index contributed by atoms with van der Waals surface area (Å²) < 4.78 is 52.7. The van der Waals surface area contributed by atoms with Crippen LogP contribution in [0.15, 0.2) is 47.4 Å². The minimum absolute atomic E-state index is 0.0969. The monoisotopic (exact) mass is 365 g/mol. The van der Waals surface area contributed by atoms with Crippen LogP contribution >= 0.6 is 0 Å². The lowest BCUT2D eigenvalue weighted by Crippen LogP contribution is -2.40. The van der Waals surface area contributed by atoms with Gasteiger partial charge in [0.15, 0.2) is 0 Å². The van der Waals surface area contributed by atoms with Gasteiger partial charge in [0.05, 0.1) is 11.5 Å². The van der Waals surface area contributed by atoms with Gasteiger partial charge < -0.3 is 9.47 Å². The quantitative estimate of drug-likeness (QED) is 0.855. The fourth-order valence-electron chi connectivity index (χ4n) is 2.81. The minimum Gasteiger partial charge on any atom is -0.493 e. The number of fused-ring (bicyclic) bond motifs is 1. The first kappa shape index (κ1) is 17.8. The van der Waals surface area contributed by atoms with Crippen molar-refractivity contribution >= 4 is 10.0 Å². The van der Waals surface area contributed by atoms with Crippen LogP contribution in [0.2, 0.25) is 0 Å². The summed E-state index contributed by atoms with van der Waals surface area (Å²) in [6.45, 7) is 2.10. The van der Waals surface area contributed by atoms with E-state index in [0.717, 1.165) is 5.56 Å². The lowest BCUT2D eigenvalue weighted by Gasteiger charge is -2.29. The molecule has 0 saturated heterocycles. The Hall–Kier alpha value is -1.96. The van der Waals surface area contributed by atoms with E-state index in [1.807, 2.05) is 0 Å². The van der Waals surface area contributed by atoms with Crippen LogP contribution in [0.4, 0.5) is 4.39 Å². The second kappa shape index (κ2) is 6.74. The highest BCUT2D eigenvalue weighted by Crippen LogP contribution is 2.29. The fraction of sp³-hybridized carbons (Fsp3) is 0.333. The second-order valence-corrected chi connectivity index (χ2v) is 7.87. The summed E-state index contributed by atoms with van der Waals surface area (Å²) in [5.41, 5.74) is 0.0344. The second-order valence-electron chi connectivity index (χ2n) is 6.11. The molecule has 2 aromatic rings. The first-order valence-corrected chi connectivity index (χ1v) is 9.39. The molecule has 1 heterocycles. The van der Waals surface area contributed by atoms with E-state index in [1.165, 1.54) is 19.2 Å². The Morgan fingerprint density at radius 2 is 2.04 bits per heavy atom. The average Bonchev–Trinajstić information content (AvgIpc) is 3.08. The molecular formula is C18H20FNO4S. The molecule has 1 atom stereocenters. The highest BCUT2D eigenvalue weighted by Gasteiger charge is 2.31. The van der Waals surface area contributed by atoms with Crippen molar-refractivity contribution in [3.63, 3.8) is 0 Å². The van der Waals surface area contributed by atoms with Crippen LogP contribution in [0.25, 0.3) is 0 Å². The van der Waals surface area contributed by atoms with Crippen molar-refractivity contribution in [1.82, 2.24) is 4.72 Å². The highest BCUT2D eigenvalue weighted by molar-refractivity contribution is 7.89. The van der Waals surface area contributed by atoms with Gasteiger partial charge in [0, 0.05) is 25.6 Å². The van der Waals surface area contributed by atoms with E-state index in [1.54, 1.807) is 37.3 Å². The van der Waals surface area contributed by atoms with E-state index in [-0.39, 0.29) is 11.4 Å². The van der Waals surface area contributed by atoms with Crippen LogP contribution in [0.5, 0.6) is 5.75 Å². The predicted octanol–water partition coefficient (Wildman–Crippen LogP) is 2.60. The third-order valence-corrected chi connectivity index (χ3v) is 5.86. The summed E-state index contributed by atoms with van der Waals surface area (Å²) in [6, 6.07) is 10.9. The fourth-order valence-corrected chi connectivity index (χ4v) is 3.99. The van der Waals surface area contributed by atoms with E-state index in [4.69, 9.17) is 9.47 Å². The zero-order valence-electron chi connectivity index (χ0n) is 14.1. The molecule has 0 fully saturated rings. The van der Waals surface area contributed by atoms with Crippen LogP contribution in [0.3, 0.4) is 0 Å². The number of ether oxygens (including phenoxy) is 2. The number of halogens is 1. The van der Waals surface area contributed by atoms with Gasteiger partial charge in [0.2, 0.25) is 10.0 Å². The number of hydrogen-bond donors (Lipinski definition) is 1. The Bertz CT molecular complexity index is 884. The number of methoxy groups -OCH3 is 1. The first-order valence-electron chi connectivity index (χ1n) is 7.91. The maximum Gasteiger partial charge on any atom is 0.240 e. The standard InChI is InChI=1S/C18H20FNO4S/c1-18(23-2,15-5-3-4-6-16(15)19)12-20-25(21,22)14-7-8-17-13(11-14)9-10-24-17/h3-8,11,20H,9-10,12H2,1-2H3/t18-/m1/s1. The van der Waals surface area contributed by atoms with Gasteiger partial charge in [-0.1, -0.05) is 18.2 Å². The Balaban J connectivity index is 1.82. The minimum atomic E-state index is -3.75. The molecule has 7 heteroatoms. The summed E-state index contributed by atoms with van der Waals surface area (Å²) in [4.78, 5) is 0.156. The molecule has 2 aromatic carbocycles. The topological polar surface area (TPSA) is 64.6 Å². The maximum absolute atomic E-state index is 14.1. The van der Waals surface area contributed by atoms with Gasteiger partial charge in [-0.25, -0.2) is 17.5 Å². The molecular weight excluding hydrogens is 345 g/mol. The van der Waals surface area contributed by atoms with Crippen LogP contribution in [-0.4, -0.2) is 28.7 Å². The normalized spacial score (nSPS) is 16.1. The molecule has 0 aliphatic carbocycles. The molecule has 0 radical (unpaired) electrons. The first-order chi connectivity index (χ1) is 11.9. The zero-order chi connectivity index (χ0) is 18.1. The third kappa shape index (κ3) is 3.53. The molecule has 0 spiro atoms. The number of nitrogens with one attached hydrogen (secondary N) is 1. The van der Waals surface area contributed by atoms with E-state index >= 15 is 0 Å². The lowest BCUT2D eigenvalue weighted by atomic mass is 9.95. The number of benzene rings is 2. The molecule has 1 aliphatic heterocycles. The summed E-state index contributed by atoms with van der Waals surface area (Å²) in [5.74, 6) is 0.271. The van der Waals surface area contributed by atoms with Gasteiger partial charge in [-0.2, -0.15) is 0 Å². The van der Waals surface area contributed by atoms with Gasteiger partial charge in [-0.15, -0.1) is 0 Å². The van der Waals surface area contributed by atoms with Gasteiger partial charge in [-0.3, -0.25) is 0 Å². The van der Waals surface area contributed by atoms with Crippen LogP contribution in [0, 0.1) is 5.82 Å². The number of rotatable bonds is 6. The molecule has 0 unspecified atom stereocenters. The van der Waals surface area contributed by atoms with Crippen LogP contribution in [0.1, 0.15) is 18.1 Å². The van der Waals surface area contributed by atoms with Gasteiger partial charge in [0.25, 0.3) is 0 Å². The van der Waals surface area contributed by atoms with Gasteiger partial charge in [-0.05, 0) is 36.8 Å². The summed E-state index contributed by atoms with van der Waals surface area (Å²) >= 11 is 0. The molecule has 1 N–H and O–H groups in total. The molecule has 3 rings (SSSR count). The Kier molecular flexibility index (Phi) is 4.81. The summed E-state index contributed by atoms with van der Waals surface area (Å²) in [6.07, 6.45) is 0.684. The smallest absolute Gasteiger partial charge is 0.240 e. The zero-order valence-corrected chi connectivity index (χ0v) is 14.9. The molecule has 0 aromatic heterocycles. The van der Waals surface area contributed by atoms with Crippen molar-refractivity contribution in [2.24, 2.45) is 0 Å². The van der Waals surface area contributed by atoms with Crippen molar-refractivity contribution in [2.45, 2.75) is 23.8 Å². The van der Waals surface area contributed by atoms with Crippen molar-refractivity contribution < 1.29 is 22.3 Å². The molecule has 25 heavy (non-hydrogen) atoms. The Labute approximate surface area is 146 Å². The Morgan fingerprint density at radius 3 is 2.76 bits per heavy atom. The van der Waals surface area contributed by atoms with E-state index < -0.39 is 21.4 Å². The highest BCUT2D eigenvalue weighted by atomic mass is 32.2. The van der Waals surface area contributed by atoms with Crippen molar-refractivity contribution in [2.75, 3.05) is 20.3 Å². The summed E-state index contributed by atoms with van der Waals surface area (Å²) in [7, 11) is -2.33. The maximum atomic E-state index is 14.1. The van der Waals surface area contributed by atoms with Crippen molar-refractivity contribution in [1.29, 1.82) is 0 Å². The molecule has 0 bridgehead atoms. The molecule has 1 aliphatic rings. The van der Waals surface area contributed by atoms with Gasteiger partial charge in [0.1, 0.15) is 17.2 Å². The third-order valence-electron chi connectivity index (χ3n) is 4.46.